The maximum absolute atomic E-state index is 5.41. The van der Waals surface area contributed by atoms with Crippen LogP contribution in [0.5, 0.6) is 0 Å². The van der Waals surface area contributed by atoms with Gasteiger partial charge < -0.3 is 9.30 Å². The Balaban J connectivity index is 1.93. The Kier molecular flexibility index (Phi) is 4.91. The predicted molar refractivity (Wildman–Crippen MR) is 72.9 cm³/mol. The lowest BCUT2D eigenvalue weighted by Gasteiger charge is -2.29. The molecule has 0 radical (unpaired) electrons. The second-order valence-electron chi connectivity index (χ2n) is 5.04. The van der Waals surface area contributed by atoms with E-state index in [-0.39, 0.29) is 0 Å². The molecule has 1 aliphatic rings. The number of likely N-dealkylation sites (tertiary alicyclic amines) is 1. The van der Waals surface area contributed by atoms with E-state index >= 15 is 0 Å². The highest BCUT2D eigenvalue weighted by molar-refractivity contribution is 7.71. The lowest BCUT2D eigenvalue weighted by Crippen LogP contribution is -2.34. The minimum atomic E-state index is 0.668. The Bertz CT molecular complexity index is 420. The van der Waals surface area contributed by atoms with Crippen molar-refractivity contribution < 1.29 is 4.74 Å². The normalized spacial score (nSPS) is 18.3. The topological polar surface area (TPSA) is 35.2 Å². The molecule has 0 saturated carbocycles. The number of nitrogens with zero attached hydrogens (tertiary/aromatic N) is 4. The zero-order chi connectivity index (χ0) is 13.0. The van der Waals surface area contributed by atoms with Gasteiger partial charge in [-0.3, -0.25) is 4.90 Å². The molecule has 0 bridgehead atoms. The van der Waals surface area contributed by atoms with Gasteiger partial charge in [-0.2, -0.15) is 5.10 Å². The molecule has 0 spiro atoms. The molecular weight excluding hydrogens is 248 g/mol. The summed E-state index contributed by atoms with van der Waals surface area (Å²) in [6.07, 6.45) is 4.35. The minimum absolute atomic E-state index is 0.668. The van der Waals surface area contributed by atoms with Crippen LogP contribution in [-0.4, -0.2) is 46.1 Å². The summed E-state index contributed by atoms with van der Waals surface area (Å²) in [5, 5.41) is 4.36. The molecule has 0 atom stereocenters. The van der Waals surface area contributed by atoms with E-state index in [0.717, 1.165) is 37.0 Å². The monoisotopic (exact) mass is 270 g/mol. The summed E-state index contributed by atoms with van der Waals surface area (Å²) in [5.41, 5.74) is 0. The number of rotatable bonds is 5. The van der Waals surface area contributed by atoms with Crippen molar-refractivity contribution >= 4 is 12.2 Å². The van der Waals surface area contributed by atoms with E-state index in [1.807, 2.05) is 9.25 Å². The molecule has 0 unspecified atom stereocenters. The molecule has 6 heteroatoms. The van der Waals surface area contributed by atoms with Crippen LogP contribution in [0, 0.1) is 10.7 Å². The van der Waals surface area contributed by atoms with Crippen LogP contribution < -0.4 is 0 Å². The van der Waals surface area contributed by atoms with E-state index in [2.05, 4.69) is 16.9 Å². The number of aromatic nitrogens is 3. The highest BCUT2D eigenvalue weighted by atomic mass is 32.1. The zero-order valence-corrected chi connectivity index (χ0v) is 12.0. The third-order valence-electron chi connectivity index (χ3n) is 3.54. The van der Waals surface area contributed by atoms with E-state index in [4.69, 9.17) is 17.0 Å². The van der Waals surface area contributed by atoms with Crippen molar-refractivity contribution in [2.75, 3.05) is 26.8 Å². The van der Waals surface area contributed by atoms with Crippen LogP contribution in [-0.2, 0) is 18.0 Å². The van der Waals surface area contributed by atoms with Gasteiger partial charge in [-0.15, -0.1) is 0 Å². The van der Waals surface area contributed by atoms with Gasteiger partial charge in [-0.1, -0.05) is 6.92 Å². The summed E-state index contributed by atoms with van der Waals surface area (Å²) >= 11 is 5.41. The molecule has 1 fully saturated rings. The summed E-state index contributed by atoms with van der Waals surface area (Å²) in [5.74, 6) is 0.855. The average molecular weight is 270 g/mol. The van der Waals surface area contributed by atoms with E-state index in [0.29, 0.717) is 6.61 Å². The maximum atomic E-state index is 5.41. The third-order valence-corrected chi connectivity index (χ3v) is 3.99. The highest BCUT2D eigenvalue weighted by Crippen LogP contribution is 2.16. The Hall–Kier alpha value is -0.720. The number of hydrogen-bond acceptors (Lipinski definition) is 4. The van der Waals surface area contributed by atoms with Crippen LogP contribution in [0.2, 0.25) is 0 Å². The fourth-order valence-electron chi connectivity index (χ4n) is 2.20. The third kappa shape index (κ3) is 3.40. The second kappa shape index (κ2) is 6.45. The van der Waals surface area contributed by atoms with Crippen LogP contribution in [0.3, 0.4) is 0 Å². The summed E-state index contributed by atoms with van der Waals surface area (Å²) in [6, 6.07) is 0. The van der Waals surface area contributed by atoms with Crippen LogP contribution in [0.25, 0.3) is 0 Å². The van der Waals surface area contributed by atoms with Crippen LogP contribution >= 0.6 is 12.2 Å². The van der Waals surface area contributed by atoms with Crippen molar-refractivity contribution in [1.82, 2.24) is 19.2 Å². The Morgan fingerprint density at radius 1 is 1.44 bits per heavy atom. The van der Waals surface area contributed by atoms with E-state index < -0.39 is 0 Å². The quantitative estimate of drug-likeness (QED) is 0.764. The molecule has 0 aliphatic carbocycles. The number of hydrogen-bond donors (Lipinski definition) is 0. The van der Waals surface area contributed by atoms with Gasteiger partial charge in [0.15, 0.2) is 4.77 Å². The van der Waals surface area contributed by atoms with Crippen molar-refractivity contribution in [3.05, 3.63) is 11.1 Å². The molecule has 5 nitrogen and oxygen atoms in total. The summed E-state index contributed by atoms with van der Waals surface area (Å²) in [6.45, 7) is 6.86. The zero-order valence-electron chi connectivity index (χ0n) is 11.2. The van der Waals surface area contributed by atoms with Crippen LogP contribution in [0.15, 0.2) is 6.33 Å². The second-order valence-corrected chi connectivity index (χ2v) is 5.41. The first-order valence-electron chi connectivity index (χ1n) is 6.54. The average Bonchev–Trinajstić information content (AvgIpc) is 2.71. The lowest BCUT2D eigenvalue weighted by molar-refractivity contribution is 0.145. The lowest BCUT2D eigenvalue weighted by atomic mass is 10.00. The van der Waals surface area contributed by atoms with Crippen LogP contribution in [0.1, 0.15) is 19.8 Å². The molecular formula is C12H22N4OS. The first-order chi connectivity index (χ1) is 8.70. The Morgan fingerprint density at radius 2 is 2.17 bits per heavy atom. The van der Waals surface area contributed by atoms with Gasteiger partial charge in [0.1, 0.15) is 6.33 Å². The van der Waals surface area contributed by atoms with E-state index in [9.17, 15) is 0 Å². The fourth-order valence-corrected chi connectivity index (χ4v) is 2.45. The van der Waals surface area contributed by atoms with Crippen LogP contribution in [0.4, 0.5) is 0 Å². The SMILES string of the molecule is COCCn1cnn(CN2CCC(C)CC2)c1=S. The molecule has 1 aromatic heterocycles. The number of methoxy groups -OCH3 is 1. The summed E-state index contributed by atoms with van der Waals surface area (Å²) in [4.78, 5) is 2.42. The number of ether oxygens (including phenoxy) is 1. The van der Waals surface area contributed by atoms with Crippen molar-refractivity contribution in [2.24, 2.45) is 5.92 Å². The van der Waals surface area contributed by atoms with E-state index in [1.54, 1.807) is 13.4 Å². The van der Waals surface area contributed by atoms with Gasteiger partial charge >= 0.3 is 0 Å². The molecule has 2 heterocycles. The Labute approximate surface area is 113 Å². The van der Waals surface area contributed by atoms with Crippen molar-refractivity contribution in [3.8, 4) is 0 Å². The van der Waals surface area contributed by atoms with Gasteiger partial charge in [0, 0.05) is 26.7 Å². The van der Waals surface area contributed by atoms with Crippen molar-refractivity contribution in [3.63, 3.8) is 0 Å². The molecule has 0 amide bonds. The molecule has 1 saturated heterocycles. The van der Waals surface area contributed by atoms with Gasteiger partial charge in [0.05, 0.1) is 13.3 Å². The largest absolute Gasteiger partial charge is 0.383 e. The molecule has 1 aromatic rings. The molecule has 0 N–H and O–H groups in total. The molecule has 18 heavy (non-hydrogen) atoms. The van der Waals surface area contributed by atoms with Gasteiger partial charge in [-0.25, -0.2) is 4.68 Å². The van der Waals surface area contributed by atoms with Crippen molar-refractivity contribution in [2.45, 2.75) is 33.0 Å². The smallest absolute Gasteiger partial charge is 0.198 e. The molecule has 2 rings (SSSR count). The van der Waals surface area contributed by atoms with Crippen molar-refractivity contribution in [1.29, 1.82) is 0 Å². The molecule has 0 aromatic carbocycles. The standard InChI is InChI=1S/C12H22N4OS/c1-11-3-5-14(6-4-11)10-16-12(18)15(9-13-16)7-8-17-2/h9,11H,3-8,10H2,1-2H3. The fraction of sp³-hybridized carbons (Fsp3) is 0.833. The molecule has 102 valence electrons. The maximum Gasteiger partial charge on any atom is 0.198 e. The summed E-state index contributed by atoms with van der Waals surface area (Å²) < 4.78 is 9.71. The molecule has 1 aliphatic heterocycles. The number of piperidine rings is 1. The Morgan fingerprint density at radius 3 is 2.83 bits per heavy atom. The van der Waals surface area contributed by atoms with Gasteiger partial charge in [-0.05, 0) is 31.0 Å². The predicted octanol–water partition coefficient (Wildman–Crippen LogP) is 1.75. The van der Waals surface area contributed by atoms with Gasteiger partial charge in [0.25, 0.3) is 0 Å². The minimum Gasteiger partial charge on any atom is -0.383 e. The first kappa shape index (κ1) is 13.7. The summed E-state index contributed by atoms with van der Waals surface area (Å²) in [7, 11) is 1.70. The highest BCUT2D eigenvalue weighted by Gasteiger charge is 2.16. The first-order valence-corrected chi connectivity index (χ1v) is 6.95. The van der Waals surface area contributed by atoms with Gasteiger partial charge in [0.2, 0.25) is 0 Å². The van der Waals surface area contributed by atoms with E-state index in [1.165, 1.54) is 12.8 Å².